The number of benzene rings is 3. The molecule has 4 aromatic rings. The number of nitrogens with zero attached hydrogens (tertiary/aromatic N) is 3. The van der Waals surface area contributed by atoms with E-state index in [0.29, 0.717) is 17.4 Å². The van der Waals surface area contributed by atoms with Crippen molar-refractivity contribution in [1.82, 2.24) is 10.2 Å². The summed E-state index contributed by atoms with van der Waals surface area (Å²) in [6.45, 7) is 1.91. The minimum atomic E-state index is -0.289. The first-order valence-corrected chi connectivity index (χ1v) is 12.0. The van der Waals surface area contributed by atoms with Gasteiger partial charge in [-0.3, -0.25) is 4.79 Å². The number of aromatic nitrogens is 2. The molecular formula is C29H28N4O2. The molecular weight excluding hydrogens is 436 g/mol. The van der Waals surface area contributed by atoms with E-state index < -0.39 is 0 Å². The highest BCUT2D eigenvalue weighted by molar-refractivity contribution is 6.02. The van der Waals surface area contributed by atoms with Gasteiger partial charge in [-0.05, 0) is 79.3 Å². The van der Waals surface area contributed by atoms with Crippen molar-refractivity contribution in [2.75, 3.05) is 23.3 Å². The van der Waals surface area contributed by atoms with E-state index >= 15 is 0 Å². The van der Waals surface area contributed by atoms with E-state index in [-0.39, 0.29) is 11.6 Å². The summed E-state index contributed by atoms with van der Waals surface area (Å²) < 4.78 is 5.79. The van der Waals surface area contributed by atoms with Gasteiger partial charge in [0, 0.05) is 18.8 Å². The maximum Gasteiger partial charge on any atom is 0.276 e. The van der Waals surface area contributed by atoms with Crippen LogP contribution in [0.5, 0.6) is 11.5 Å². The van der Waals surface area contributed by atoms with Crippen LogP contribution in [0.15, 0.2) is 97.1 Å². The van der Waals surface area contributed by atoms with Crippen LogP contribution in [-0.2, 0) is 6.42 Å². The van der Waals surface area contributed by atoms with Crippen LogP contribution in [0.25, 0.3) is 0 Å². The third kappa shape index (κ3) is 6.03. The molecule has 1 aliphatic rings. The van der Waals surface area contributed by atoms with Crippen molar-refractivity contribution in [2.24, 2.45) is 5.92 Å². The van der Waals surface area contributed by atoms with Crippen LogP contribution in [0, 0.1) is 5.92 Å². The monoisotopic (exact) mass is 464 g/mol. The normalized spacial score (nSPS) is 13.9. The third-order valence-electron chi connectivity index (χ3n) is 6.28. The van der Waals surface area contributed by atoms with Crippen LogP contribution in [0.2, 0.25) is 0 Å². The van der Waals surface area contributed by atoms with Crippen molar-refractivity contribution in [1.29, 1.82) is 0 Å². The summed E-state index contributed by atoms with van der Waals surface area (Å²) >= 11 is 0. The Hall–Kier alpha value is -4.19. The maximum atomic E-state index is 12.6. The summed E-state index contributed by atoms with van der Waals surface area (Å²) in [7, 11) is 0. The van der Waals surface area contributed by atoms with Gasteiger partial charge in [-0.1, -0.05) is 48.5 Å². The number of para-hydroxylation sites is 1. The van der Waals surface area contributed by atoms with Crippen molar-refractivity contribution in [3.8, 4) is 11.5 Å². The van der Waals surface area contributed by atoms with Crippen molar-refractivity contribution in [3.63, 3.8) is 0 Å². The van der Waals surface area contributed by atoms with E-state index in [1.807, 2.05) is 48.5 Å². The molecule has 1 amide bonds. The zero-order valence-corrected chi connectivity index (χ0v) is 19.5. The number of rotatable bonds is 7. The number of amides is 1. The van der Waals surface area contributed by atoms with Gasteiger partial charge >= 0.3 is 0 Å². The second-order valence-electron chi connectivity index (χ2n) is 8.79. The predicted octanol–water partition coefficient (Wildman–Crippen LogP) is 5.98. The Kier molecular flexibility index (Phi) is 6.99. The van der Waals surface area contributed by atoms with Crippen LogP contribution >= 0.6 is 0 Å². The number of piperidine rings is 1. The van der Waals surface area contributed by atoms with E-state index in [2.05, 4.69) is 50.7 Å². The van der Waals surface area contributed by atoms with Gasteiger partial charge in [-0.15, -0.1) is 10.2 Å². The molecule has 1 fully saturated rings. The molecule has 6 heteroatoms. The molecule has 0 saturated carbocycles. The molecule has 0 atom stereocenters. The topological polar surface area (TPSA) is 67.3 Å². The van der Waals surface area contributed by atoms with Gasteiger partial charge in [0.25, 0.3) is 5.91 Å². The number of carbonyl (C=O) groups excluding carboxylic acids is 1. The van der Waals surface area contributed by atoms with E-state index in [4.69, 9.17) is 4.74 Å². The summed E-state index contributed by atoms with van der Waals surface area (Å²) in [5.41, 5.74) is 2.36. The van der Waals surface area contributed by atoms with Gasteiger partial charge in [0.1, 0.15) is 11.5 Å². The van der Waals surface area contributed by atoms with E-state index in [1.54, 1.807) is 18.2 Å². The molecule has 0 radical (unpaired) electrons. The van der Waals surface area contributed by atoms with E-state index in [1.165, 1.54) is 5.56 Å². The lowest BCUT2D eigenvalue weighted by molar-refractivity contribution is 0.102. The van der Waals surface area contributed by atoms with Gasteiger partial charge in [-0.25, -0.2) is 0 Å². The van der Waals surface area contributed by atoms with Crippen molar-refractivity contribution in [2.45, 2.75) is 19.3 Å². The minimum absolute atomic E-state index is 0.289. The summed E-state index contributed by atoms with van der Waals surface area (Å²) in [4.78, 5) is 14.9. The molecule has 0 unspecified atom stereocenters. The summed E-state index contributed by atoms with van der Waals surface area (Å²) in [5.74, 6) is 2.69. The standard InChI is InChI=1S/C29H28N4O2/c34-29(30-24-11-13-26(14-12-24)35-25-9-5-2-6-10-25)27-15-16-28(32-31-27)33-19-17-23(18-20-33)21-22-7-3-1-4-8-22/h1-16,23H,17-21H2,(H,30,34). The van der Waals surface area contributed by atoms with Crippen molar-refractivity contribution in [3.05, 3.63) is 108 Å². The highest BCUT2D eigenvalue weighted by atomic mass is 16.5. The fourth-order valence-electron chi connectivity index (χ4n) is 4.35. The maximum absolute atomic E-state index is 12.6. The highest BCUT2D eigenvalue weighted by Crippen LogP contribution is 2.25. The van der Waals surface area contributed by atoms with Crippen LogP contribution < -0.4 is 15.0 Å². The Morgan fingerprint density at radius 2 is 1.46 bits per heavy atom. The fourth-order valence-corrected chi connectivity index (χ4v) is 4.35. The van der Waals surface area contributed by atoms with Gasteiger partial charge in [0.15, 0.2) is 11.5 Å². The average molecular weight is 465 g/mol. The van der Waals surface area contributed by atoms with Gasteiger partial charge in [-0.2, -0.15) is 0 Å². The third-order valence-corrected chi connectivity index (χ3v) is 6.28. The minimum Gasteiger partial charge on any atom is -0.457 e. The number of anilines is 2. The molecule has 0 spiro atoms. The second-order valence-corrected chi connectivity index (χ2v) is 8.79. The predicted molar refractivity (Wildman–Crippen MR) is 138 cm³/mol. The number of hydrogen-bond acceptors (Lipinski definition) is 5. The zero-order chi connectivity index (χ0) is 23.9. The molecule has 2 heterocycles. The lowest BCUT2D eigenvalue weighted by atomic mass is 9.90. The average Bonchev–Trinajstić information content (AvgIpc) is 2.91. The first kappa shape index (κ1) is 22.6. The molecule has 0 aliphatic carbocycles. The largest absolute Gasteiger partial charge is 0.457 e. The molecule has 1 aromatic heterocycles. The Bertz CT molecular complexity index is 1220. The van der Waals surface area contributed by atoms with Crippen LogP contribution in [0.3, 0.4) is 0 Å². The Morgan fingerprint density at radius 1 is 0.800 bits per heavy atom. The molecule has 1 aliphatic heterocycles. The number of nitrogens with one attached hydrogen (secondary N) is 1. The SMILES string of the molecule is O=C(Nc1ccc(Oc2ccccc2)cc1)c1ccc(N2CCC(Cc3ccccc3)CC2)nn1. The molecule has 176 valence electrons. The fraction of sp³-hybridized carbons (Fsp3) is 0.207. The Morgan fingerprint density at radius 3 is 2.11 bits per heavy atom. The zero-order valence-electron chi connectivity index (χ0n) is 19.5. The van der Waals surface area contributed by atoms with Crippen LogP contribution in [0.1, 0.15) is 28.9 Å². The molecule has 35 heavy (non-hydrogen) atoms. The quantitative estimate of drug-likeness (QED) is 0.364. The lowest BCUT2D eigenvalue weighted by Gasteiger charge is -2.32. The lowest BCUT2D eigenvalue weighted by Crippen LogP contribution is -2.35. The highest BCUT2D eigenvalue weighted by Gasteiger charge is 2.21. The summed E-state index contributed by atoms with van der Waals surface area (Å²) in [6.07, 6.45) is 3.38. The smallest absolute Gasteiger partial charge is 0.276 e. The van der Waals surface area contributed by atoms with Gasteiger partial charge in [0.05, 0.1) is 0 Å². The molecule has 3 aromatic carbocycles. The number of hydrogen-bond donors (Lipinski definition) is 1. The van der Waals surface area contributed by atoms with Crippen molar-refractivity contribution < 1.29 is 9.53 Å². The molecule has 5 rings (SSSR count). The second kappa shape index (κ2) is 10.8. The number of carbonyl (C=O) groups is 1. The van der Waals surface area contributed by atoms with Gasteiger partial charge in [0.2, 0.25) is 0 Å². The molecule has 0 bridgehead atoms. The Labute approximate surface area is 205 Å². The summed E-state index contributed by atoms with van der Waals surface area (Å²) in [5, 5.41) is 11.4. The first-order chi connectivity index (χ1) is 17.2. The van der Waals surface area contributed by atoms with E-state index in [0.717, 1.165) is 43.9 Å². The number of ether oxygens (including phenoxy) is 1. The molecule has 6 nitrogen and oxygen atoms in total. The first-order valence-electron chi connectivity index (χ1n) is 12.0. The van der Waals surface area contributed by atoms with Crippen LogP contribution in [0.4, 0.5) is 11.5 Å². The van der Waals surface area contributed by atoms with Crippen molar-refractivity contribution >= 4 is 17.4 Å². The van der Waals surface area contributed by atoms with E-state index in [9.17, 15) is 4.79 Å². The molecule has 1 saturated heterocycles. The molecule has 1 N–H and O–H groups in total. The summed E-state index contributed by atoms with van der Waals surface area (Å²) in [6, 6.07) is 31.1. The van der Waals surface area contributed by atoms with Crippen LogP contribution in [-0.4, -0.2) is 29.2 Å². The Balaban J connectivity index is 1.12. The van der Waals surface area contributed by atoms with Gasteiger partial charge < -0.3 is 15.0 Å².